The van der Waals surface area contributed by atoms with Crippen LogP contribution in [0.2, 0.25) is 0 Å². The molecule has 0 aliphatic carbocycles. The van der Waals surface area contributed by atoms with E-state index < -0.39 is 33.7 Å². The quantitative estimate of drug-likeness (QED) is 0.671. The van der Waals surface area contributed by atoms with E-state index in [0.29, 0.717) is 18.4 Å². The fraction of sp³-hybridized carbons (Fsp3) is 0.588. The van der Waals surface area contributed by atoms with Crippen LogP contribution in [0.1, 0.15) is 31.4 Å². The summed E-state index contributed by atoms with van der Waals surface area (Å²) in [6.45, 7) is 2.74. The lowest BCUT2D eigenvalue weighted by Crippen LogP contribution is -2.54. The molecule has 0 radical (unpaired) electrons. The zero-order valence-corrected chi connectivity index (χ0v) is 15.8. The molecule has 0 spiro atoms. The van der Waals surface area contributed by atoms with Crippen molar-refractivity contribution < 1.29 is 27.4 Å². The molecule has 9 heteroatoms. The van der Waals surface area contributed by atoms with E-state index in [9.17, 15) is 22.7 Å². The maximum absolute atomic E-state index is 13.2. The van der Waals surface area contributed by atoms with Crippen LogP contribution in [-0.4, -0.2) is 61.8 Å². The Morgan fingerprint density at radius 1 is 1.42 bits per heavy atom. The Kier molecular flexibility index (Phi) is 6.73. The van der Waals surface area contributed by atoms with Crippen LogP contribution in [0.5, 0.6) is 0 Å². The standard InChI is InChI=1S/C17H25FN2O5S/c1-17(19-11-15(21)13-4-3-5-14(18)10-13)6-8-20(9-7-17)26(23,24)12-16(22)25-2/h3-5,10,15,19,21H,6-9,11-12H2,1-2H3/t15-/m0/s1. The Morgan fingerprint density at radius 3 is 2.65 bits per heavy atom. The number of aliphatic hydroxyl groups excluding tert-OH is 1. The van der Waals surface area contributed by atoms with E-state index in [-0.39, 0.29) is 25.2 Å². The van der Waals surface area contributed by atoms with Crippen LogP contribution in [0.4, 0.5) is 4.39 Å². The number of ether oxygens (including phenoxy) is 1. The fourth-order valence-electron chi connectivity index (χ4n) is 2.91. The number of carbonyl (C=O) groups is 1. The van der Waals surface area contributed by atoms with Crippen LogP contribution in [-0.2, 0) is 19.6 Å². The third-order valence-electron chi connectivity index (χ3n) is 4.70. The lowest BCUT2D eigenvalue weighted by atomic mass is 9.90. The number of sulfonamides is 1. The predicted octanol–water partition coefficient (Wildman–Crippen LogP) is 0.806. The van der Waals surface area contributed by atoms with Crippen molar-refractivity contribution >= 4 is 16.0 Å². The maximum atomic E-state index is 13.2. The van der Waals surface area contributed by atoms with Crippen LogP contribution < -0.4 is 5.32 Å². The zero-order chi connectivity index (χ0) is 19.4. The number of aliphatic hydroxyl groups is 1. The molecular weight excluding hydrogens is 363 g/mol. The highest BCUT2D eigenvalue weighted by Crippen LogP contribution is 2.25. The zero-order valence-electron chi connectivity index (χ0n) is 14.9. The molecule has 0 saturated carbocycles. The molecule has 2 N–H and O–H groups in total. The number of piperidine rings is 1. The van der Waals surface area contributed by atoms with Gasteiger partial charge in [-0.1, -0.05) is 12.1 Å². The number of esters is 1. The molecule has 26 heavy (non-hydrogen) atoms. The predicted molar refractivity (Wildman–Crippen MR) is 94.4 cm³/mol. The average Bonchev–Trinajstić information content (AvgIpc) is 2.59. The molecule has 7 nitrogen and oxygen atoms in total. The van der Waals surface area contributed by atoms with Crippen molar-refractivity contribution in [2.75, 3.05) is 32.5 Å². The molecule has 0 aromatic heterocycles. The molecule has 1 saturated heterocycles. The molecule has 1 heterocycles. The summed E-state index contributed by atoms with van der Waals surface area (Å²) in [7, 11) is -2.53. The second kappa shape index (κ2) is 8.43. The normalized spacial score (nSPS) is 19.1. The van der Waals surface area contributed by atoms with Gasteiger partial charge in [0.05, 0.1) is 13.2 Å². The van der Waals surface area contributed by atoms with Crippen molar-refractivity contribution in [3.63, 3.8) is 0 Å². The summed E-state index contributed by atoms with van der Waals surface area (Å²) in [6, 6.07) is 5.80. The van der Waals surface area contributed by atoms with Gasteiger partial charge in [-0.3, -0.25) is 4.79 Å². The number of benzene rings is 1. The first-order valence-corrected chi connectivity index (χ1v) is 9.99. The van der Waals surface area contributed by atoms with Crippen LogP contribution in [0.3, 0.4) is 0 Å². The van der Waals surface area contributed by atoms with Gasteiger partial charge in [-0.15, -0.1) is 0 Å². The van der Waals surface area contributed by atoms with Crippen molar-refractivity contribution in [3.8, 4) is 0 Å². The van der Waals surface area contributed by atoms with Crippen molar-refractivity contribution in [2.24, 2.45) is 0 Å². The molecule has 1 fully saturated rings. The third kappa shape index (κ3) is 5.47. The minimum atomic E-state index is -3.68. The highest BCUT2D eigenvalue weighted by molar-refractivity contribution is 7.89. The monoisotopic (exact) mass is 388 g/mol. The number of carbonyl (C=O) groups excluding carboxylic acids is 1. The molecule has 1 atom stereocenters. The minimum absolute atomic E-state index is 0.231. The van der Waals surface area contributed by atoms with E-state index in [1.165, 1.54) is 16.4 Å². The molecule has 1 aromatic rings. The largest absolute Gasteiger partial charge is 0.468 e. The molecule has 146 valence electrons. The molecule has 0 amide bonds. The molecule has 1 aliphatic heterocycles. The summed E-state index contributed by atoms with van der Waals surface area (Å²) >= 11 is 0. The molecule has 1 aliphatic rings. The fourth-order valence-corrected chi connectivity index (χ4v) is 4.25. The van der Waals surface area contributed by atoms with Gasteiger partial charge in [0.2, 0.25) is 10.0 Å². The van der Waals surface area contributed by atoms with Crippen molar-refractivity contribution in [1.29, 1.82) is 0 Å². The SMILES string of the molecule is COC(=O)CS(=O)(=O)N1CCC(C)(NC[C@H](O)c2cccc(F)c2)CC1. The van der Waals surface area contributed by atoms with Crippen molar-refractivity contribution in [2.45, 2.75) is 31.4 Å². The number of hydrogen-bond acceptors (Lipinski definition) is 6. The van der Waals surface area contributed by atoms with Crippen LogP contribution in [0.25, 0.3) is 0 Å². The number of nitrogens with one attached hydrogen (secondary N) is 1. The van der Waals surface area contributed by atoms with Gasteiger partial charge >= 0.3 is 5.97 Å². The van der Waals surface area contributed by atoms with E-state index >= 15 is 0 Å². The van der Waals surface area contributed by atoms with Gasteiger partial charge in [-0.25, -0.2) is 17.1 Å². The van der Waals surface area contributed by atoms with E-state index in [4.69, 9.17) is 0 Å². The minimum Gasteiger partial charge on any atom is -0.468 e. The van der Waals surface area contributed by atoms with Gasteiger partial charge in [0.15, 0.2) is 5.75 Å². The summed E-state index contributed by atoms with van der Waals surface area (Å²) in [5.74, 6) is -1.85. The number of rotatable bonds is 7. The number of nitrogens with zero attached hydrogens (tertiary/aromatic N) is 1. The second-order valence-corrected chi connectivity index (χ2v) is 8.71. The number of hydrogen-bond donors (Lipinski definition) is 2. The number of halogens is 1. The van der Waals surface area contributed by atoms with Crippen LogP contribution in [0, 0.1) is 5.82 Å². The smallest absolute Gasteiger partial charge is 0.322 e. The molecule has 2 rings (SSSR count). The Morgan fingerprint density at radius 2 is 2.08 bits per heavy atom. The topological polar surface area (TPSA) is 95.9 Å². The third-order valence-corrected chi connectivity index (χ3v) is 6.46. The van der Waals surface area contributed by atoms with Crippen LogP contribution in [0.15, 0.2) is 24.3 Å². The van der Waals surface area contributed by atoms with E-state index in [2.05, 4.69) is 10.1 Å². The molecule has 1 aromatic carbocycles. The summed E-state index contributed by atoms with van der Waals surface area (Å²) in [5.41, 5.74) is 0.130. The summed E-state index contributed by atoms with van der Waals surface area (Å²) in [4.78, 5) is 11.2. The van der Waals surface area contributed by atoms with Crippen molar-refractivity contribution in [3.05, 3.63) is 35.6 Å². The van der Waals surface area contributed by atoms with Gasteiger partial charge in [0.1, 0.15) is 5.82 Å². The first-order chi connectivity index (χ1) is 12.1. The van der Waals surface area contributed by atoms with E-state index in [1.807, 2.05) is 6.92 Å². The van der Waals surface area contributed by atoms with E-state index in [0.717, 1.165) is 7.11 Å². The number of methoxy groups -OCH3 is 1. The highest BCUT2D eigenvalue weighted by atomic mass is 32.2. The molecular formula is C17H25FN2O5S. The Hall–Kier alpha value is -1.55. The lowest BCUT2D eigenvalue weighted by molar-refractivity contribution is -0.137. The van der Waals surface area contributed by atoms with Gasteiger partial charge < -0.3 is 15.2 Å². The van der Waals surface area contributed by atoms with Gasteiger partial charge in [0.25, 0.3) is 0 Å². The highest BCUT2D eigenvalue weighted by Gasteiger charge is 2.35. The molecule has 0 unspecified atom stereocenters. The van der Waals surface area contributed by atoms with Gasteiger partial charge in [-0.2, -0.15) is 0 Å². The van der Waals surface area contributed by atoms with Gasteiger partial charge in [0, 0.05) is 25.2 Å². The first-order valence-electron chi connectivity index (χ1n) is 8.38. The van der Waals surface area contributed by atoms with E-state index in [1.54, 1.807) is 12.1 Å². The molecule has 0 bridgehead atoms. The Balaban J connectivity index is 1.88. The Bertz CT molecular complexity index is 732. The Labute approximate surface area is 153 Å². The summed E-state index contributed by atoms with van der Waals surface area (Å²) in [6.07, 6.45) is 0.204. The van der Waals surface area contributed by atoms with Crippen LogP contribution >= 0.6 is 0 Å². The second-order valence-electron chi connectivity index (χ2n) is 6.74. The maximum Gasteiger partial charge on any atom is 0.322 e. The number of β-amino-alcohol motifs (C(OH)–C–C–N with tert-alkyl or cyclic N) is 1. The summed E-state index contributed by atoms with van der Waals surface area (Å²) in [5, 5.41) is 13.5. The van der Waals surface area contributed by atoms with Crippen molar-refractivity contribution in [1.82, 2.24) is 9.62 Å². The van der Waals surface area contributed by atoms with Gasteiger partial charge in [-0.05, 0) is 37.5 Å². The first kappa shape index (κ1) is 20.8. The lowest BCUT2D eigenvalue weighted by Gasteiger charge is -2.39. The average molecular weight is 388 g/mol. The summed E-state index contributed by atoms with van der Waals surface area (Å²) < 4.78 is 43.3.